The molecule has 0 saturated heterocycles. The highest BCUT2D eigenvalue weighted by atomic mass is 14.2. The van der Waals surface area contributed by atoms with Crippen LogP contribution in [0.1, 0.15) is 0 Å². The topological polar surface area (TPSA) is 0 Å². The number of rotatable bonds is 0. The van der Waals surface area contributed by atoms with Crippen molar-refractivity contribution in [3.8, 4) is 35.1 Å². The van der Waals surface area contributed by atoms with E-state index in [2.05, 4.69) is 61.4 Å². The van der Waals surface area contributed by atoms with Crippen LogP contribution in [0.4, 0.5) is 0 Å². The molecule has 0 aromatic heterocycles. The van der Waals surface area contributed by atoms with E-state index in [1.807, 2.05) is 0 Å². The van der Waals surface area contributed by atoms with Gasteiger partial charge in [-0.2, -0.15) is 0 Å². The van der Waals surface area contributed by atoms with Gasteiger partial charge in [0.1, 0.15) is 0 Å². The summed E-state index contributed by atoms with van der Waals surface area (Å²) >= 11 is 0. The normalized spacial score (nSPS) is 9.86. The molecule has 1 aliphatic carbocycles. The summed E-state index contributed by atoms with van der Waals surface area (Å²) in [5.74, 6) is 0. The number of terminal acetylenes is 1. The van der Waals surface area contributed by atoms with Crippen LogP contribution in [0.3, 0.4) is 0 Å². The van der Waals surface area contributed by atoms with E-state index in [0.29, 0.717) is 0 Å². The fourth-order valence-electron chi connectivity index (χ4n) is 1.84. The lowest BCUT2D eigenvalue weighted by Crippen LogP contribution is -1.96. The third-order valence-electron chi connectivity index (χ3n) is 2.43. The predicted molar refractivity (Wildman–Crippen MR) is 60.8 cm³/mol. The van der Waals surface area contributed by atoms with Crippen molar-refractivity contribution in [2.45, 2.75) is 0 Å². The van der Waals surface area contributed by atoms with Crippen molar-refractivity contribution in [1.82, 2.24) is 0 Å². The van der Waals surface area contributed by atoms with Gasteiger partial charge in [-0.15, -0.1) is 12.8 Å². The van der Waals surface area contributed by atoms with E-state index in [1.165, 1.54) is 22.3 Å². The zero-order chi connectivity index (χ0) is 9.97. The van der Waals surface area contributed by atoms with Crippen LogP contribution < -0.4 is 0 Å². The van der Waals surface area contributed by atoms with Crippen molar-refractivity contribution >= 4 is 0 Å². The molecular weight excluding hydrogens is 168 g/mol. The second-order valence-electron chi connectivity index (χ2n) is 3.09. The molecule has 0 heteroatoms. The van der Waals surface area contributed by atoms with Gasteiger partial charge < -0.3 is 0 Å². The molecule has 0 nitrogen and oxygen atoms in total. The van der Waals surface area contributed by atoms with Crippen LogP contribution in [0.25, 0.3) is 22.3 Å². The molecule has 0 spiro atoms. The number of benzene rings is 2. The molecule has 2 aromatic carbocycles. The molecule has 14 heavy (non-hydrogen) atoms. The van der Waals surface area contributed by atoms with Crippen molar-refractivity contribution in [2.75, 3.05) is 0 Å². The molecule has 0 N–H and O–H groups in total. The summed E-state index contributed by atoms with van der Waals surface area (Å²) in [6.07, 6.45) is 8.00. The van der Waals surface area contributed by atoms with E-state index in [4.69, 9.17) is 0 Å². The first-order valence-corrected chi connectivity index (χ1v) is 4.49. The van der Waals surface area contributed by atoms with Gasteiger partial charge in [0, 0.05) is 0 Å². The van der Waals surface area contributed by atoms with Crippen molar-refractivity contribution < 1.29 is 0 Å². The Morgan fingerprint density at radius 2 is 0.714 bits per heavy atom. The van der Waals surface area contributed by atoms with Crippen molar-refractivity contribution in [3.05, 3.63) is 48.5 Å². The maximum absolute atomic E-state index is 4.00. The van der Waals surface area contributed by atoms with Gasteiger partial charge >= 0.3 is 0 Å². The minimum absolute atomic E-state index is 1.40. The van der Waals surface area contributed by atoms with Gasteiger partial charge in [0.15, 0.2) is 0 Å². The molecule has 0 amide bonds. The van der Waals surface area contributed by atoms with Gasteiger partial charge in [-0.05, 0) is 22.3 Å². The molecule has 66 valence electrons. The molecule has 0 unspecified atom stereocenters. The lowest BCUT2D eigenvalue weighted by molar-refractivity contribution is 1.52. The summed E-state index contributed by atoms with van der Waals surface area (Å²) in [7, 11) is 0. The van der Waals surface area contributed by atoms with Crippen LogP contribution in [0.15, 0.2) is 48.5 Å². The highest BCUT2D eigenvalue weighted by molar-refractivity contribution is 6.01. The number of hydrogen-bond donors (Lipinski definition) is 0. The minimum atomic E-state index is 1.40. The highest BCUT2D eigenvalue weighted by Crippen LogP contribution is 2.46. The van der Waals surface area contributed by atoms with Gasteiger partial charge in [-0.25, -0.2) is 0 Å². The quantitative estimate of drug-likeness (QED) is 0.461. The largest absolute Gasteiger partial charge is 0.124 e. The zero-order valence-corrected chi connectivity index (χ0v) is 7.77. The first-order chi connectivity index (χ1) is 6.97. The second-order valence-corrected chi connectivity index (χ2v) is 3.09. The standard InChI is InChI=1S/C12H8.C2H2/c1-2-6-10-9(5-1)11-7-3-4-8-12(10)11;1-2/h1-8H;1-2H. The Morgan fingerprint density at radius 1 is 0.500 bits per heavy atom. The Bertz CT molecular complexity index is 378. The van der Waals surface area contributed by atoms with E-state index in [1.54, 1.807) is 0 Å². The Balaban J connectivity index is 0.000000354. The Hall–Kier alpha value is -2.00. The maximum Gasteiger partial charge on any atom is -0.00990 e. The highest BCUT2D eigenvalue weighted by Gasteiger charge is 2.19. The SMILES string of the molecule is C#C.c1ccc2c(c1)-c1ccccc1-2. The van der Waals surface area contributed by atoms with Crippen LogP contribution >= 0.6 is 0 Å². The summed E-state index contributed by atoms with van der Waals surface area (Å²) in [4.78, 5) is 0. The average Bonchev–Trinajstić information content (AvgIpc) is 2.29. The van der Waals surface area contributed by atoms with Gasteiger partial charge in [0.25, 0.3) is 0 Å². The first-order valence-electron chi connectivity index (χ1n) is 4.49. The Labute approximate surface area is 84.2 Å². The second kappa shape index (κ2) is 3.40. The molecular formula is C14H10. The van der Waals surface area contributed by atoms with E-state index in [0.717, 1.165) is 0 Å². The summed E-state index contributed by atoms with van der Waals surface area (Å²) in [6.45, 7) is 0. The molecule has 0 bridgehead atoms. The van der Waals surface area contributed by atoms with E-state index in [-0.39, 0.29) is 0 Å². The molecule has 0 aliphatic heterocycles. The van der Waals surface area contributed by atoms with Gasteiger partial charge in [0.05, 0.1) is 0 Å². The van der Waals surface area contributed by atoms with E-state index < -0.39 is 0 Å². The molecule has 1 aliphatic rings. The van der Waals surface area contributed by atoms with E-state index in [9.17, 15) is 0 Å². The molecule has 0 radical (unpaired) electrons. The molecule has 0 saturated carbocycles. The fraction of sp³-hybridized carbons (Fsp3) is 0. The van der Waals surface area contributed by atoms with Crippen molar-refractivity contribution in [1.29, 1.82) is 0 Å². The Morgan fingerprint density at radius 3 is 0.929 bits per heavy atom. The summed E-state index contributed by atoms with van der Waals surface area (Å²) < 4.78 is 0. The molecule has 0 heterocycles. The van der Waals surface area contributed by atoms with Gasteiger partial charge in [0.2, 0.25) is 0 Å². The smallest absolute Gasteiger partial charge is 0.00990 e. The summed E-state index contributed by atoms with van der Waals surface area (Å²) in [5.41, 5.74) is 5.59. The average molecular weight is 178 g/mol. The number of fused-ring (bicyclic) bond motifs is 4. The molecule has 2 aromatic rings. The third-order valence-corrected chi connectivity index (χ3v) is 2.43. The van der Waals surface area contributed by atoms with E-state index >= 15 is 0 Å². The van der Waals surface area contributed by atoms with Crippen LogP contribution in [0, 0.1) is 12.8 Å². The van der Waals surface area contributed by atoms with Crippen LogP contribution in [-0.2, 0) is 0 Å². The summed E-state index contributed by atoms with van der Waals surface area (Å²) in [6, 6.07) is 17.1. The molecule has 0 atom stereocenters. The van der Waals surface area contributed by atoms with Crippen molar-refractivity contribution in [2.24, 2.45) is 0 Å². The third kappa shape index (κ3) is 1.03. The van der Waals surface area contributed by atoms with Crippen LogP contribution in [-0.4, -0.2) is 0 Å². The monoisotopic (exact) mass is 178 g/mol. The van der Waals surface area contributed by atoms with Crippen LogP contribution in [0.5, 0.6) is 0 Å². The fourth-order valence-corrected chi connectivity index (χ4v) is 1.84. The Kier molecular flexibility index (Phi) is 2.08. The molecule has 3 rings (SSSR count). The predicted octanol–water partition coefficient (Wildman–Crippen LogP) is 3.58. The maximum atomic E-state index is 4.00. The van der Waals surface area contributed by atoms with Crippen molar-refractivity contribution in [3.63, 3.8) is 0 Å². The van der Waals surface area contributed by atoms with Gasteiger partial charge in [-0.3, -0.25) is 0 Å². The van der Waals surface area contributed by atoms with Crippen LogP contribution in [0.2, 0.25) is 0 Å². The van der Waals surface area contributed by atoms with Gasteiger partial charge in [-0.1, -0.05) is 48.5 Å². The summed E-state index contributed by atoms with van der Waals surface area (Å²) in [5, 5.41) is 0. The first kappa shape index (κ1) is 8.59. The lowest BCUT2D eigenvalue weighted by atomic mass is 9.81. The minimum Gasteiger partial charge on any atom is -0.124 e. The zero-order valence-electron chi connectivity index (χ0n) is 7.77. The lowest BCUT2D eigenvalue weighted by Gasteiger charge is -2.22. The number of hydrogen-bond acceptors (Lipinski definition) is 0. The molecule has 0 fully saturated rings.